The third-order valence-corrected chi connectivity index (χ3v) is 0.644. The Morgan fingerprint density at radius 2 is 1.22 bits per heavy atom. The van der Waals surface area contributed by atoms with E-state index in [9.17, 15) is 9.59 Å². The van der Waals surface area contributed by atoms with Crippen molar-refractivity contribution in [3.05, 3.63) is 0 Å². The quantitative estimate of drug-likeness (QED) is 0.362. The summed E-state index contributed by atoms with van der Waals surface area (Å²) in [5.41, 5.74) is 0. The van der Waals surface area contributed by atoms with E-state index in [0.717, 1.165) is 12.6 Å². The van der Waals surface area contributed by atoms with Gasteiger partial charge in [0.1, 0.15) is 12.6 Å². The second-order valence-electron chi connectivity index (χ2n) is 1.26. The number of carbonyl (C=O) groups is 2. The van der Waals surface area contributed by atoms with Crippen LogP contribution in [-0.2, 0) is 9.59 Å². The van der Waals surface area contributed by atoms with Crippen LogP contribution >= 0.6 is 0 Å². The molecule has 0 radical (unpaired) electrons. The van der Waals surface area contributed by atoms with E-state index in [4.69, 9.17) is 0 Å². The first-order valence-electron chi connectivity index (χ1n) is 2.29. The van der Waals surface area contributed by atoms with Crippen molar-refractivity contribution in [1.82, 2.24) is 0 Å². The van der Waals surface area contributed by atoms with Crippen LogP contribution in [0.5, 0.6) is 0 Å². The van der Waals surface area contributed by atoms with Gasteiger partial charge in [-0.05, 0) is 6.42 Å². The second-order valence-corrected chi connectivity index (χ2v) is 1.26. The summed E-state index contributed by atoms with van der Waals surface area (Å²) in [5, 5.41) is 0. The molecule has 0 bridgehead atoms. The maximum absolute atomic E-state index is 9.56. The van der Waals surface area contributed by atoms with Crippen LogP contribution in [-0.4, -0.2) is 23.5 Å². The van der Waals surface area contributed by atoms with E-state index in [1.165, 1.54) is 0 Å². The van der Waals surface area contributed by atoms with Crippen LogP contribution < -0.4 is 0 Å². The SMILES string of the molecule is O.O.O=CCCCC=O. The molecule has 0 saturated heterocycles. The van der Waals surface area contributed by atoms with Crippen molar-refractivity contribution in [2.75, 3.05) is 0 Å². The molecule has 0 spiro atoms. The minimum absolute atomic E-state index is 0. The van der Waals surface area contributed by atoms with E-state index in [1.54, 1.807) is 0 Å². The summed E-state index contributed by atoms with van der Waals surface area (Å²) in [4.78, 5) is 19.1. The third kappa shape index (κ3) is 18.9. The molecule has 0 aromatic heterocycles. The minimum atomic E-state index is 0. The lowest BCUT2D eigenvalue weighted by Gasteiger charge is -1.78. The first kappa shape index (κ1) is 15.7. The number of hydrogen-bond donors (Lipinski definition) is 0. The molecule has 0 heterocycles. The molecule has 4 N–H and O–H groups in total. The molecule has 0 fully saturated rings. The van der Waals surface area contributed by atoms with Gasteiger partial charge in [0, 0.05) is 12.8 Å². The number of hydrogen-bond acceptors (Lipinski definition) is 2. The van der Waals surface area contributed by atoms with E-state index in [0.29, 0.717) is 19.3 Å². The van der Waals surface area contributed by atoms with Gasteiger partial charge in [-0.3, -0.25) is 0 Å². The zero-order valence-electron chi connectivity index (χ0n) is 5.09. The molecule has 9 heavy (non-hydrogen) atoms. The van der Waals surface area contributed by atoms with E-state index in [-0.39, 0.29) is 11.0 Å². The Hall–Kier alpha value is -0.740. The van der Waals surface area contributed by atoms with Crippen LogP contribution in [0.2, 0.25) is 0 Å². The van der Waals surface area contributed by atoms with E-state index < -0.39 is 0 Å². The monoisotopic (exact) mass is 136 g/mol. The summed E-state index contributed by atoms with van der Waals surface area (Å²) < 4.78 is 0. The molecule has 0 atom stereocenters. The average Bonchev–Trinajstić information content (AvgIpc) is 1.69. The topological polar surface area (TPSA) is 97.1 Å². The van der Waals surface area contributed by atoms with E-state index in [1.807, 2.05) is 0 Å². The smallest absolute Gasteiger partial charge is 0.120 e. The molecular formula is C5H12O4. The van der Waals surface area contributed by atoms with E-state index >= 15 is 0 Å². The highest BCUT2D eigenvalue weighted by Gasteiger charge is 1.80. The van der Waals surface area contributed by atoms with Crippen LogP contribution in [0, 0.1) is 0 Å². The first-order chi connectivity index (χ1) is 3.41. The fraction of sp³-hybridized carbons (Fsp3) is 0.600. The molecule has 0 aromatic carbocycles. The normalized spacial score (nSPS) is 6.22. The summed E-state index contributed by atoms with van der Waals surface area (Å²) >= 11 is 0. The Morgan fingerprint density at radius 1 is 0.889 bits per heavy atom. The van der Waals surface area contributed by atoms with E-state index in [2.05, 4.69) is 0 Å². The maximum atomic E-state index is 9.56. The molecule has 0 unspecified atom stereocenters. The average molecular weight is 136 g/mol. The van der Waals surface area contributed by atoms with Gasteiger partial charge in [0.05, 0.1) is 0 Å². The number of unbranched alkanes of at least 4 members (excludes halogenated alkanes) is 2. The largest absolute Gasteiger partial charge is 0.412 e. The highest BCUT2D eigenvalue weighted by molar-refractivity contribution is 5.52. The minimum Gasteiger partial charge on any atom is -0.412 e. The Kier molecular flexibility index (Phi) is 27.4. The van der Waals surface area contributed by atoms with Gasteiger partial charge in [-0.1, -0.05) is 0 Å². The lowest BCUT2D eigenvalue weighted by atomic mass is 10.3. The second kappa shape index (κ2) is 15.7. The van der Waals surface area contributed by atoms with Gasteiger partial charge < -0.3 is 20.5 Å². The molecule has 0 amide bonds. The molecule has 56 valence electrons. The van der Waals surface area contributed by atoms with Crippen molar-refractivity contribution in [2.45, 2.75) is 19.3 Å². The number of aldehydes is 2. The summed E-state index contributed by atoms with van der Waals surface area (Å²) in [6.45, 7) is 0. The maximum Gasteiger partial charge on any atom is 0.120 e. The van der Waals surface area contributed by atoms with Crippen molar-refractivity contribution in [3.63, 3.8) is 0 Å². The van der Waals surface area contributed by atoms with Gasteiger partial charge in [-0.15, -0.1) is 0 Å². The molecule has 0 rings (SSSR count). The Labute approximate surface area is 53.5 Å². The number of carbonyl (C=O) groups excluding carboxylic acids is 2. The van der Waals surface area contributed by atoms with Crippen LogP contribution in [0.3, 0.4) is 0 Å². The summed E-state index contributed by atoms with van der Waals surface area (Å²) in [7, 11) is 0. The lowest BCUT2D eigenvalue weighted by Crippen LogP contribution is -1.76. The van der Waals surface area contributed by atoms with Crippen molar-refractivity contribution < 1.29 is 20.5 Å². The number of rotatable bonds is 4. The molecule has 0 saturated carbocycles. The van der Waals surface area contributed by atoms with Crippen LogP contribution in [0.4, 0.5) is 0 Å². The molecule has 0 aliphatic heterocycles. The summed E-state index contributed by atoms with van der Waals surface area (Å²) in [6.07, 6.45) is 3.37. The molecule has 0 aliphatic rings. The predicted octanol–water partition coefficient (Wildman–Crippen LogP) is -1.09. The van der Waals surface area contributed by atoms with Crippen molar-refractivity contribution in [2.24, 2.45) is 0 Å². The summed E-state index contributed by atoms with van der Waals surface area (Å²) in [5.74, 6) is 0. The zero-order chi connectivity index (χ0) is 5.54. The standard InChI is InChI=1S/C5H8O2.2H2O/c6-4-2-1-3-5-7;;/h4-5H,1-3H2;2*1H2. The highest BCUT2D eigenvalue weighted by Crippen LogP contribution is 1.85. The molecular weight excluding hydrogens is 124 g/mol. The molecule has 0 aliphatic carbocycles. The highest BCUT2D eigenvalue weighted by atomic mass is 16.1. The van der Waals surface area contributed by atoms with Gasteiger partial charge in [0.2, 0.25) is 0 Å². The van der Waals surface area contributed by atoms with Gasteiger partial charge in [0.25, 0.3) is 0 Å². The molecule has 4 nitrogen and oxygen atoms in total. The zero-order valence-corrected chi connectivity index (χ0v) is 5.09. The Bertz CT molecular complexity index is 54.0. The lowest BCUT2D eigenvalue weighted by molar-refractivity contribution is -0.108. The fourth-order valence-corrected chi connectivity index (χ4v) is 0.285. The van der Waals surface area contributed by atoms with Crippen molar-refractivity contribution in [1.29, 1.82) is 0 Å². The van der Waals surface area contributed by atoms with Gasteiger partial charge >= 0.3 is 0 Å². The van der Waals surface area contributed by atoms with Gasteiger partial charge in [0.15, 0.2) is 0 Å². The molecule has 4 heteroatoms. The Morgan fingerprint density at radius 3 is 1.44 bits per heavy atom. The predicted molar refractivity (Wildman–Crippen MR) is 33.2 cm³/mol. The fourth-order valence-electron chi connectivity index (χ4n) is 0.285. The molecule has 0 aromatic rings. The van der Waals surface area contributed by atoms with Crippen LogP contribution in [0.1, 0.15) is 19.3 Å². The first-order valence-corrected chi connectivity index (χ1v) is 2.29. The Balaban J connectivity index is -0.000000180. The van der Waals surface area contributed by atoms with Gasteiger partial charge in [-0.25, -0.2) is 0 Å². The van der Waals surface area contributed by atoms with Gasteiger partial charge in [-0.2, -0.15) is 0 Å². The van der Waals surface area contributed by atoms with Crippen molar-refractivity contribution >= 4 is 12.6 Å². The van der Waals surface area contributed by atoms with Crippen LogP contribution in [0.25, 0.3) is 0 Å². The van der Waals surface area contributed by atoms with Crippen molar-refractivity contribution in [3.8, 4) is 0 Å². The van der Waals surface area contributed by atoms with Crippen LogP contribution in [0.15, 0.2) is 0 Å². The summed E-state index contributed by atoms with van der Waals surface area (Å²) in [6, 6.07) is 0. The third-order valence-electron chi connectivity index (χ3n) is 0.644.